The number of methoxy groups -OCH3 is 1. The minimum atomic E-state index is -0.621. The number of esters is 1. The summed E-state index contributed by atoms with van der Waals surface area (Å²) in [5.41, 5.74) is 0.0312. The lowest BCUT2D eigenvalue weighted by molar-refractivity contribution is -0.322. The highest BCUT2D eigenvalue weighted by atomic mass is 16.7. The van der Waals surface area contributed by atoms with Gasteiger partial charge in [-0.05, 0) is 24.7 Å². The molecule has 5 atom stereocenters. The van der Waals surface area contributed by atoms with Crippen LogP contribution in [0.3, 0.4) is 0 Å². The molecule has 3 aliphatic rings. The molecular weight excluding hydrogens is 296 g/mol. The first kappa shape index (κ1) is 17.2. The first-order valence-electron chi connectivity index (χ1n) is 8.87. The molecule has 3 fully saturated rings. The summed E-state index contributed by atoms with van der Waals surface area (Å²) < 4.78 is 17.5. The average Bonchev–Trinajstić information content (AvgIpc) is 2.87. The number of rotatable bonds is 2. The lowest BCUT2D eigenvalue weighted by atomic mass is 9.65. The van der Waals surface area contributed by atoms with Gasteiger partial charge < -0.3 is 19.3 Å². The number of aliphatic hydroxyl groups excluding tert-OH is 1. The Balaban J connectivity index is 1.86. The van der Waals surface area contributed by atoms with E-state index < -0.39 is 17.8 Å². The van der Waals surface area contributed by atoms with Crippen molar-refractivity contribution in [3.8, 4) is 0 Å². The zero-order valence-corrected chi connectivity index (χ0v) is 14.7. The van der Waals surface area contributed by atoms with Gasteiger partial charge in [-0.2, -0.15) is 0 Å². The molecule has 5 nitrogen and oxygen atoms in total. The predicted octanol–water partition coefficient (Wildman–Crippen LogP) is 2.36. The number of hydrogen-bond acceptors (Lipinski definition) is 5. The molecular formula is C18H30O5. The highest BCUT2D eigenvalue weighted by Gasteiger charge is 2.61. The van der Waals surface area contributed by atoms with E-state index >= 15 is 0 Å². The molecule has 0 amide bonds. The normalized spacial score (nSPS) is 41.5. The Morgan fingerprint density at radius 1 is 1.30 bits per heavy atom. The molecule has 0 aromatic carbocycles. The molecule has 2 saturated carbocycles. The maximum Gasteiger partial charge on any atom is 0.311 e. The zero-order valence-electron chi connectivity index (χ0n) is 14.7. The Morgan fingerprint density at radius 3 is 2.52 bits per heavy atom. The molecule has 0 bridgehead atoms. The van der Waals surface area contributed by atoms with Gasteiger partial charge in [0, 0.05) is 17.8 Å². The van der Waals surface area contributed by atoms with E-state index in [1.807, 2.05) is 0 Å². The second-order valence-electron chi connectivity index (χ2n) is 8.31. The van der Waals surface area contributed by atoms with Crippen LogP contribution in [0.15, 0.2) is 0 Å². The number of carbonyl (C=O) groups is 1. The van der Waals surface area contributed by atoms with Crippen LogP contribution in [0.1, 0.15) is 46.5 Å². The molecule has 1 aliphatic heterocycles. The van der Waals surface area contributed by atoms with Gasteiger partial charge in [-0.1, -0.05) is 27.2 Å². The Hall–Kier alpha value is -0.650. The zero-order chi connectivity index (χ0) is 16.8. The third-order valence-electron chi connectivity index (χ3n) is 6.19. The Morgan fingerprint density at radius 2 is 1.96 bits per heavy atom. The summed E-state index contributed by atoms with van der Waals surface area (Å²) in [7, 11) is 1.40. The van der Waals surface area contributed by atoms with Crippen molar-refractivity contribution in [3.05, 3.63) is 0 Å². The smallest absolute Gasteiger partial charge is 0.311 e. The lowest BCUT2D eigenvalue weighted by Gasteiger charge is -2.49. The number of hydrogen-bond donors (Lipinski definition) is 1. The molecule has 1 N–H and O–H groups in total. The molecule has 1 heterocycles. The monoisotopic (exact) mass is 326 g/mol. The highest BCUT2D eigenvalue weighted by Crippen LogP contribution is 2.56. The van der Waals surface area contributed by atoms with E-state index in [9.17, 15) is 9.90 Å². The van der Waals surface area contributed by atoms with Gasteiger partial charge in [0.1, 0.15) is 0 Å². The Labute approximate surface area is 138 Å². The van der Waals surface area contributed by atoms with Crippen LogP contribution in [-0.2, 0) is 19.0 Å². The van der Waals surface area contributed by atoms with Gasteiger partial charge >= 0.3 is 5.97 Å². The SMILES string of the molecule is CC[C@@H]1C[C@H]2[C@H](CCC23OCC(C)(C)CO3)C(C(=O)OC)C1O. The summed E-state index contributed by atoms with van der Waals surface area (Å²) in [5, 5.41) is 10.7. The summed E-state index contributed by atoms with van der Waals surface area (Å²) in [6, 6.07) is 0. The molecule has 2 unspecified atom stereocenters. The highest BCUT2D eigenvalue weighted by molar-refractivity contribution is 5.73. The number of ether oxygens (including phenoxy) is 3. The van der Waals surface area contributed by atoms with Gasteiger partial charge in [0.05, 0.1) is 32.3 Å². The van der Waals surface area contributed by atoms with Crippen LogP contribution < -0.4 is 0 Å². The van der Waals surface area contributed by atoms with Crippen LogP contribution in [0.2, 0.25) is 0 Å². The van der Waals surface area contributed by atoms with Crippen LogP contribution in [-0.4, -0.2) is 43.3 Å². The van der Waals surface area contributed by atoms with Crippen molar-refractivity contribution < 1.29 is 24.1 Å². The maximum atomic E-state index is 12.3. The standard InChI is InChI=1S/C18H30O5/c1-5-11-8-13-12(14(15(11)19)16(20)21-4)6-7-18(13)22-9-17(2,3)10-23-18/h11-15,19H,5-10H2,1-4H3/t11-,12+,13+,14?,15?/m1/s1. The molecule has 1 spiro atoms. The van der Waals surface area contributed by atoms with Crippen LogP contribution in [0.4, 0.5) is 0 Å². The summed E-state index contributed by atoms with van der Waals surface area (Å²) in [6.45, 7) is 7.71. The molecule has 3 rings (SSSR count). The van der Waals surface area contributed by atoms with Crippen LogP contribution >= 0.6 is 0 Å². The fourth-order valence-electron chi connectivity index (χ4n) is 4.81. The summed E-state index contributed by atoms with van der Waals surface area (Å²) in [4.78, 5) is 12.3. The molecule has 0 aromatic heterocycles. The Bertz CT molecular complexity index is 450. The van der Waals surface area contributed by atoms with E-state index in [-0.39, 0.29) is 29.1 Å². The first-order chi connectivity index (χ1) is 10.8. The third kappa shape index (κ3) is 2.81. The van der Waals surface area contributed by atoms with Crippen molar-refractivity contribution in [2.75, 3.05) is 20.3 Å². The maximum absolute atomic E-state index is 12.3. The minimum Gasteiger partial charge on any atom is -0.469 e. The quantitative estimate of drug-likeness (QED) is 0.789. The van der Waals surface area contributed by atoms with E-state index in [4.69, 9.17) is 14.2 Å². The second-order valence-corrected chi connectivity index (χ2v) is 8.31. The number of aliphatic hydroxyl groups is 1. The van der Waals surface area contributed by atoms with Gasteiger partial charge in [0.25, 0.3) is 0 Å². The van der Waals surface area contributed by atoms with Gasteiger partial charge in [0.2, 0.25) is 0 Å². The summed E-state index contributed by atoms with van der Waals surface area (Å²) >= 11 is 0. The van der Waals surface area contributed by atoms with Crippen LogP contribution in [0.5, 0.6) is 0 Å². The third-order valence-corrected chi connectivity index (χ3v) is 6.19. The van der Waals surface area contributed by atoms with Crippen molar-refractivity contribution in [2.45, 2.75) is 58.3 Å². The van der Waals surface area contributed by atoms with Crippen molar-refractivity contribution in [3.63, 3.8) is 0 Å². The summed E-state index contributed by atoms with van der Waals surface area (Å²) in [5.74, 6) is -0.973. The summed E-state index contributed by atoms with van der Waals surface area (Å²) in [6.07, 6.45) is 2.73. The molecule has 23 heavy (non-hydrogen) atoms. The minimum absolute atomic E-state index is 0.0312. The molecule has 2 aliphatic carbocycles. The number of carbonyl (C=O) groups excluding carboxylic acids is 1. The van der Waals surface area contributed by atoms with Crippen molar-refractivity contribution in [1.29, 1.82) is 0 Å². The predicted molar refractivity (Wildman–Crippen MR) is 84.5 cm³/mol. The fourth-order valence-corrected chi connectivity index (χ4v) is 4.81. The Kier molecular flexibility index (Phi) is 4.49. The molecule has 0 radical (unpaired) electrons. The van der Waals surface area contributed by atoms with Crippen molar-refractivity contribution >= 4 is 5.97 Å². The van der Waals surface area contributed by atoms with Crippen LogP contribution in [0, 0.1) is 29.1 Å². The van der Waals surface area contributed by atoms with Gasteiger partial charge in [-0.25, -0.2) is 0 Å². The molecule has 5 heteroatoms. The van der Waals surface area contributed by atoms with E-state index in [1.165, 1.54) is 7.11 Å². The van der Waals surface area contributed by atoms with Crippen molar-refractivity contribution in [1.82, 2.24) is 0 Å². The number of fused-ring (bicyclic) bond motifs is 2. The van der Waals surface area contributed by atoms with Gasteiger partial charge in [-0.15, -0.1) is 0 Å². The molecule has 1 saturated heterocycles. The van der Waals surface area contributed by atoms with E-state index in [1.54, 1.807) is 0 Å². The second kappa shape index (κ2) is 6.01. The molecule has 132 valence electrons. The molecule has 0 aromatic rings. The van der Waals surface area contributed by atoms with E-state index in [0.717, 1.165) is 25.7 Å². The lowest BCUT2D eigenvalue weighted by Crippen LogP contribution is -2.55. The topological polar surface area (TPSA) is 65.0 Å². The van der Waals surface area contributed by atoms with Crippen molar-refractivity contribution in [2.24, 2.45) is 29.1 Å². The average molecular weight is 326 g/mol. The van der Waals surface area contributed by atoms with Gasteiger partial charge in [0.15, 0.2) is 5.79 Å². The van der Waals surface area contributed by atoms with E-state index in [2.05, 4.69) is 20.8 Å². The van der Waals surface area contributed by atoms with Gasteiger partial charge in [-0.3, -0.25) is 4.79 Å². The first-order valence-corrected chi connectivity index (χ1v) is 8.87. The van der Waals surface area contributed by atoms with E-state index in [0.29, 0.717) is 13.2 Å². The van der Waals surface area contributed by atoms with Crippen LogP contribution in [0.25, 0.3) is 0 Å². The largest absolute Gasteiger partial charge is 0.469 e. The fraction of sp³-hybridized carbons (Fsp3) is 0.944.